The molecule has 19 heavy (non-hydrogen) atoms. The summed E-state index contributed by atoms with van der Waals surface area (Å²) in [5.41, 5.74) is 0.895. The van der Waals surface area contributed by atoms with Crippen LogP contribution in [0.4, 0.5) is 0 Å². The number of carboxylic acid groups (broad SMARTS) is 1. The molecule has 0 unspecified atom stereocenters. The third kappa shape index (κ3) is 1.62. The maximum absolute atomic E-state index is 12.3. The zero-order chi connectivity index (χ0) is 13.6. The van der Waals surface area contributed by atoms with Gasteiger partial charge in [0.15, 0.2) is 0 Å². The molecule has 1 N–H and O–H groups in total. The monoisotopic (exact) mass is 259 g/mol. The summed E-state index contributed by atoms with van der Waals surface area (Å²) in [6, 6.07) is 5.21. The van der Waals surface area contributed by atoms with E-state index in [0.717, 1.165) is 18.5 Å². The number of hydrogen-bond acceptors (Lipinski definition) is 3. The standard InChI is InChI=1S/C14H13NO4/c1-19-8-4-5-10-9(7-8)13(16)12(14(17)18)11-3-2-6-15(10)11/h4-5,7H,2-3,6H2,1H3,(H,17,18). The number of aromatic nitrogens is 1. The van der Waals surface area contributed by atoms with Crippen LogP contribution in [0.5, 0.6) is 5.75 Å². The van der Waals surface area contributed by atoms with Crippen LogP contribution in [-0.4, -0.2) is 22.8 Å². The van der Waals surface area contributed by atoms with Gasteiger partial charge >= 0.3 is 5.97 Å². The second-order valence-corrected chi connectivity index (χ2v) is 4.59. The highest BCUT2D eigenvalue weighted by atomic mass is 16.5. The number of carbonyl (C=O) groups is 1. The summed E-state index contributed by atoms with van der Waals surface area (Å²) in [7, 11) is 1.52. The first-order valence-electron chi connectivity index (χ1n) is 6.10. The highest BCUT2D eigenvalue weighted by Gasteiger charge is 2.24. The molecular weight excluding hydrogens is 246 g/mol. The molecule has 0 radical (unpaired) electrons. The van der Waals surface area contributed by atoms with E-state index in [1.807, 2.05) is 10.6 Å². The zero-order valence-corrected chi connectivity index (χ0v) is 10.5. The molecule has 0 spiro atoms. The lowest BCUT2D eigenvalue weighted by atomic mass is 10.1. The van der Waals surface area contributed by atoms with Gasteiger partial charge in [-0.05, 0) is 31.0 Å². The molecule has 0 atom stereocenters. The number of fused-ring (bicyclic) bond motifs is 3. The lowest BCUT2D eigenvalue weighted by Gasteiger charge is -2.12. The third-order valence-electron chi connectivity index (χ3n) is 3.59. The van der Waals surface area contributed by atoms with E-state index < -0.39 is 11.4 Å². The second kappa shape index (κ2) is 4.12. The Labute approximate surface area is 109 Å². The average Bonchev–Trinajstić information content (AvgIpc) is 2.87. The molecule has 0 amide bonds. The number of benzene rings is 1. The van der Waals surface area contributed by atoms with Crippen molar-refractivity contribution in [2.45, 2.75) is 19.4 Å². The quantitative estimate of drug-likeness (QED) is 0.890. The minimum Gasteiger partial charge on any atom is -0.497 e. The summed E-state index contributed by atoms with van der Waals surface area (Å²) in [6.45, 7) is 0.749. The van der Waals surface area contributed by atoms with Crippen molar-refractivity contribution in [3.8, 4) is 5.75 Å². The predicted molar refractivity (Wildman–Crippen MR) is 70.0 cm³/mol. The smallest absolute Gasteiger partial charge is 0.341 e. The molecule has 1 aliphatic heterocycles. The van der Waals surface area contributed by atoms with E-state index in [9.17, 15) is 14.7 Å². The largest absolute Gasteiger partial charge is 0.497 e. The Morgan fingerprint density at radius 1 is 1.42 bits per heavy atom. The van der Waals surface area contributed by atoms with Crippen LogP contribution in [-0.2, 0) is 13.0 Å². The maximum Gasteiger partial charge on any atom is 0.341 e. The van der Waals surface area contributed by atoms with Crippen LogP contribution >= 0.6 is 0 Å². The van der Waals surface area contributed by atoms with Gasteiger partial charge in [-0.2, -0.15) is 0 Å². The highest BCUT2D eigenvalue weighted by Crippen LogP contribution is 2.26. The topological polar surface area (TPSA) is 68.5 Å². The van der Waals surface area contributed by atoms with E-state index in [4.69, 9.17) is 4.74 Å². The van der Waals surface area contributed by atoms with Crippen LogP contribution in [0.2, 0.25) is 0 Å². The van der Waals surface area contributed by atoms with Gasteiger partial charge in [0.25, 0.3) is 0 Å². The SMILES string of the molecule is COc1ccc2c(c1)c(=O)c(C(=O)O)c1n2CCC1. The molecule has 1 aromatic heterocycles. The summed E-state index contributed by atoms with van der Waals surface area (Å²) in [4.78, 5) is 23.7. The highest BCUT2D eigenvalue weighted by molar-refractivity contribution is 5.94. The number of pyridine rings is 1. The fourth-order valence-electron chi connectivity index (χ4n) is 2.75. The average molecular weight is 259 g/mol. The maximum atomic E-state index is 12.3. The van der Waals surface area contributed by atoms with Crippen molar-refractivity contribution in [3.05, 3.63) is 39.7 Å². The van der Waals surface area contributed by atoms with Crippen LogP contribution < -0.4 is 10.2 Å². The molecule has 3 rings (SSSR count). The van der Waals surface area contributed by atoms with E-state index in [1.54, 1.807) is 12.1 Å². The van der Waals surface area contributed by atoms with Gasteiger partial charge in [-0.1, -0.05) is 0 Å². The van der Waals surface area contributed by atoms with Crippen molar-refractivity contribution in [1.82, 2.24) is 4.57 Å². The number of carboxylic acids is 1. The molecule has 5 heteroatoms. The number of methoxy groups -OCH3 is 1. The summed E-state index contributed by atoms with van der Waals surface area (Å²) in [5, 5.41) is 9.68. The molecule has 0 saturated carbocycles. The first-order valence-corrected chi connectivity index (χ1v) is 6.10. The van der Waals surface area contributed by atoms with Gasteiger partial charge in [0.1, 0.15) is 11.3 Å². The van der Waals surface area contributed by atoms with Gasteiger partial charge in [-0.3, -0.25) is 4.79 Å². The van der Waals surface area contributed by atoms with Crippen molar-refractivity contribution in [2.24, 2.45) is 0 Å². The van der Waals surface area contributed by atoms with E-state index in [-0.39, 0.29) is 5.56 Å². The fraction of sp³-hybridized carbons (Fsp3) is 0.286. The minimum atomic E-state index is -1.15. The van der Waals surface area contributed by atoms with Gasteiger partial charge in [-0.15, -0.1) is 0 Å². The molecule has 0 saturated heterocycles. The number of aromatic carboxylic acids is 1. The van der Waals surface area contributed by atoms with Crippen LogP contribution in [0.1, 0.15) is 22.5 Å². The van der Waals surface area contributed by atoms with Crippen LogP contribution in [0.15, 0.2) is 23.0 Å². The molecule has 0 aliphatic carbocycles. The summed E-state index contributed by atoms with van der Waals surface area (Å²) in [5.74, 6) is -0.597. The first kappa shape index (κ1) is 11.8. The molecule has 2 heterocycles. The first-order chi connectivity index (χ1) is 9.13. The normalized spacial score (nSPS) is 13.5. The Kier molecular flexibility index (Phi) is 2.55. The molecule has 2 aromatic rings. The van der Waals surface area contributed by atoms with Gasteiger partial charge in [0.2, 0.25) is 5.43 Å². The Balaban J connectivity index is 2.48. The molecule has 1 aromatic carbocycles. The zero-order valence-electron chi connectivity index (χ0n) is 10.5. The van der Waals surface area contributed by atoms with Gasteiger partial charge in [-0.25, -0.2) is 4.79 Å². The Hall–Kier alpha value is -2.30. The van der Waals surface area contributed by atoms with Gasteiger partial charge < -0.3 is 14.4 Å². The number of nitrogens with zero attached hydrogens (tertiary/aromatic N) is 1. The lowest BCUT2D eigenvalue weighted by molar-refractivity contribution is 0.0694. The van der Waals surface area contributed by atoms with Crippen molar-refractivity contribution < 1.29 is 14.6 Å². The lowest BCUT2D eigenvalue weighted by Crippen LogP contribution is -2.21. The van der Waals surface area contributed by atoms with Crippen LogP contribution in [0.3, 0.4) is 0 Å². The molecule has 0 bridgehead atoms. The summed E-state index contributed by atoms with van der Waals surface area (Å²) in [6.07, 6.45) is 1.50. The Morgan fingerprint density at radius 2 is 2.21 bits per heavy atom. The fourth-order valence-corrected chi connectivity index (χ4v) is 2.75. The van der Waals surface area contributed by atoms with Crippen LogP contribution in [0, 0.1) is 0 Å². The number of ether oxygens (including phenoxy) is 1. The molecule has 98 valence electrons. The predicted octanol–water partition coefficient (Wildman–Crippen LogP) is 1.65. The molecule has 0 fully saturated rings. The van der Waals surface area contributed by atoms with E-state index in [1.165, 1.54) is 7.11 Å². The second-order valence-electron chi connectivity index (χ2n) is 4.59. The van der Waals surface area contributed by atoms with Gasteiger partial charge in [0, 0.05) is 12.2 Å². The number of hydrogen-bond donors (Lipinski definition) is 1. The van der Waals surface area contributed by atoms with Crippen molar-refractivity contribution in [1.29, 1.82) is 0 Å². The molecule has 1 aliphatic rings. The van der Waals surface area contributed by atoms with E-state index in [0.29, 0.717) is 23.3 Å². The minimum absolute atomic E-state index is 0.0988. The van der Waals surface area contributed by atoms with E-state index in [2.05, 4.69) is 0 Å². The van der Waals surface area contributed by atoms with Crippen molar-refractivity contribution in [2.75, 3.05) is 7.11 Å². The van der Waals surface area contributed by atoms with Crippen molar-refractivity contribution in [3.63, 3.8) is 0 Å². The van der Waals surface area contributed by atoms with Gasteiger partial charge in [0.05, 0.1) is 18.0 Å². The summed E-state index contributed by atoms with van der Waals surface area (Å²) < 4.78 is 7.03. The van der Waals surface area contributed by atoms with Crippen LogP contribution in [0.25, 0.3) is 10.9 Å². The molecule has 5 nitrogen and oxygen atoms in total. The third-order valence-corrected chi connectivity index (χ3v) is 3.59. The number of rotatable bonds is 2. The Bertz CT molecular complexity index is 745. The summed E-state index contributed by atoms with van der Waals surface area (Å²) >= 11 is 0. The number of aryl methyl sites for hydroxylation is 1. The van der Waals surface area contributed by atoms with E-state index >= 15 is 0 Å². The van der Waals surface area contributed by atoms with Crippen molar-refractivity contribution >= 4 is 16.9 Å². The Morgan fingerprint density at radius 3 is 2.89 bits per heavy atom. The molecular formula is C14H13NO4.